The zero-order valence-electron chi connectivity index (χ0n) is 17.4. The number of ketones is 2. The second-order valence-corrected chi connectivity index (χ2v) is 7.63. The summed E-state index contributed by atoms with van der Waals surface area (Å²) < 4.78 is 15.2. The molecule has 0 fully saturated rings. The van der Waals surface area contributed by atoms with E-state index in [9.17, 15) is 19.2 Å². The van der Waals surface area contributed by atoms with E-state index in [4.69, 9.17) is 14.0 Å². The second-order valence-electron chi connectivity index (χ2n) is 7.63. The fourth-order valence-electron chi connectivity index (χ4n) is 2.74. The van der Waals surface area contributed by atoms with Gasteiger partial charge in [-0.1, -0.05) is 11.6 Å². The molecule has 1 aromatic heterocycles. The SMILES string of the molecule is CCOC(=O)CCCCC(C(C)=O)(C(=O)OC(C)(C)C)C(=O)c1cc(C)on1. The van der Waals surface area contributed by atoms with Crippen LogP contribution in [0.25, 0.3) is 0 Å². The maximum atomic E-state index is 13.1. The Balaban J connectivity index is 3.15. The van der Waals surface area contributed by atoms with Crippen LogP contribution in [0.5, 0.6) is 0 Å². The number of ether oxygens (including phenoxy) is 2. The highest BCUT2D eigenvalue weighted by Crippen LogP contribution is 2.34. The Kier molecular flexibility index (Phi) is 8.08. The number of aromatic nitrogens is 1. The number of Topliss-reactive ketones (excluding diaryl/α,β-unsaturated/α-hetero) is 2. The normalized spacial score (nSPS) is 13.5. The van der Waals surface area contributed by atoms with Crippen LogP contribution in [0.1, 0.15) is 76.6 Å². The average molecular weight is 395 g/mol. The van der Waals surface area contributed by atoms with Gasteiger partial charge in [0, 0.05) is 12.5 Å². The molecule has 0 amide bonds. The van der Waals surface area contributed by atoms with E-state index in [1.54, 1.807) is 34.6 Å². The van der Waals surface area contributed by atoms with E-state index in [1.807, 2.05) is 0 Å². The van der Waals surface area contributed by atoms with Crippen LogP contribution in [0.2, 0.25) is 0 Å². The van der Waals surface area contributed by atoms with Crippen molar-refractivity contribution in [2.24, 2.45) is 5.41 Å². The van der Waals surface area contributed by atoms with Gasteiger partial charge in [-0.25, -0.2) is 0 Å². The van der Waals surface area contributed by atoms with Crippen LogP contribution < -0.4 is 0 Å². The molecular weight excluding hydrogens is 366 g/mol. The van der Waals surface area contributed by atoms with Gasteiger partial charge in [0.15, 0.2) is 16.9 Å². The molecule has 28 heavy (non-hydrogen) atoms. The van der Waals surface area contributed by atoms with Gasteiger partial charge in [0.05, 0.1) is 6.61 Å². The Bertz CT molecular complexity index is 729. The van der Waals surface area contributed by atoms with Gasteiger partial charge < -0.3 is 14.0 Å². The summed E-state index contributed by atoms with van der Waals surface area (Å²) in [4.78, 5) is 50.2. The molecule has 0 spiro atoms. The van der Waals surface area contributed by atoms with Gasteiger partial charge in [0.2, 0.25) is 5.78 Å². The van der Waals surface area contributed by atoms with Gasteiger partial charge in [-0.15, -0.1) is 0 Å². The number of hydrogen-bond acceptors (Lipinski definition) is 8. The van der Waals surface area contributed by atoms with Crippen LogP contribution in [0.3, 0.4) is 0 Å². The molecule has 0 aliphatic rings. The molecule has 1 rings (SSSR count). The van der Waals surface area contributed by atoms with Crippen molar-refractivity contribution in [3.05, 3.63) is 17.5 Å². The molecule has 1 aromatic rings. The van der Waals surface area contributed by atoms with Crippen molar-refractivity contribution in [2.75, 3.05) is 6.61 Å². The Morgan fingerprint density at radius 3 is 2.25 bits per heavy atom. The van der Waals surface area contributed by atoms with Gasteiger partial charge >= 0.3 is 11.9 Å². The summed E-state index contributed by atoms with van der Waals surface area (Å²) in [6.45, 7) is 9.73. The molecule has 0 saturated heterocycles. The maximum Gasteiger partial charge on any atom is 0.328 e. The van der Waals surface area contributed by atoms with Crippen molar-refractivity contribution in [2.45, 2.75) is 72.8 Å². The Hall–Kier alpha value is -2.51. The number of unbranched alkanes of at least 4 members (excludes halogenated alkanes) is 1. The lowest BCUT2D eigenvalue weighted by atomic mass is 9.74. The van der Waals surface area contributed by atoms with Gasteiger partial charge in [0.25, 0.3) is 0 Å². The van der Waals surface area contributed by atoms with E-state index >= 15 is 0 Å². The molecular formula is C20H29NO7. The number of nitrogens with zero attached hydrogens (tertiary/aromatic N) is 1. The van der Waals surface area contributed by atoms with Crippen LogP contribution in [-0.2, 0) is 23.9 Å². The van der Waals surface area contributed by atoms with Crippen molar-refractivity contribution in [3.8, 4) is 0 Å². The molecule has 0 saturated carbocycles. The highest BCUT2D eigenvalue weighted by atomic mass is 16.6. The minimum atomic E-state index is -2.04. The summed E-state index contributed by atoms with van der Waals surface area (Å²) in [6.07, 6.45) is 0.677. The summed E-state index contributed by atoms with van der Waals surface area (Å²) in [6, 6.07) is 1.38. The number of esters is 2. The number of rotatable bonds is 10. The third kappa shape index (κ3) is 6.00. The van der Waals surface area contributed by atoms with E-state index in [-0.39, 0.29) is 37.5 Å². The van der Waals surface area contributed by atoms with Gasteiger partial charge in [-0.2, -0.15) is 0 Å². The fraction of sp³-hybridized carbons (Fsp3) is 0.650. The lowest BCUT2D eigenvalue weighted by Crippen LogP contribution is -2.48. The zero-order chi connectivity index (χ0) is 21.5. The Morgan fingerprint density at radius 2 is 1.79 bits per heavy atom. The van der Waals surface area contributed by atoms with Crippen LogP contribution >= 0.6 is 0 Å². The molecule has 0 N–H and O–H groups in total. The van der Waals surface area contributed by atoms with Crippen molar-refractivity contribution in [3.63, 3.8) is 0 Å². The predicted octanol–water partition coefficient (Wildman–Crippen LogP) is 3.21. The first-order chi connectivity index (χ1) is 12.9. The lowest BCUT2D eigenvalue weighted by Gasteiger charge is -2.31. The molecule has 0 bridgehead atoms. The molecule has 8 nitrogen and oxygen atoms in total. The van der Waals surface area contributed by atoms with Crippen molar-refractivity contribution >= 4 is 23.5 Å². The molecule has 1 atom stereocenters. The largest absolute Gasteiger partial charge is 0.466 e. The Labute approximate surface area is 164 Å². The molecule has 8 heteroatoms. The first-order valence-electron chi connectivity index (χ1n) is 9.32. The third-order valence-corrected chi connectivity index (χ3v) is 4.08. The van der Waals surface area contributed by atoms with E-state index in [1.165, 1.54) is 13.0 Å². The van der Waals surface area contributed by atoms with Crippen molar-refractivity contribution < 1.29 is 33.2 Å². The summed E-state index contributed by atoms with van der Waals surface area (Å²) in [7, 11) is 0. The summed E-state index contributed by atoms with van der Waals surface area (Å²) >= 11 is 0. The zero-order valence-corrected chi connectivity index (χ0v) is 17.4. The van der Waals surface area contributed by atoms with E-state index < -0.39 is 28.6 Å². The highest BCUT2D eigenvalue weighted by molar-refractivity contribution is 6.26. The monoisotopic (exact) mass is 395 g/mol. The van der Waals surface area contributed by atoms with Crippen molar-refractivity contribution in [1.82, 2.24) is 5.16 Å². The first kappa shape index (κ1) is 23.5. The number of aryl methyl sites for hydroxylation is 1. The quantitative estimate of drug-likeness (QED) is 0.257. The van der Waals surface area contributed by atoms with E-state index in [2.05, 4.69) is 5.16 Å². The third-order valence-electron chi connectivity index (χ3n) is 4.08. The number of carbonyl (C=O) groups is 4. The molecule has 0 aliphatic heterocycles. The highest BCUT2D eigenvalue weighted by Gasteiger charge is 2.53. The van der Waals surface area contributed by atoms with Gasteiger partial charge in [-0.05, 0) is 54.4 Å². The summed E-state index contributed by atoms with van der Waals surface area (Å²) in [5, 5.41) is 3.67. The summed E-state index contributed by atoms with van der Waals surface area (Å²) in [5.41, 5.74) is -3.03. The second kappa shape index (κ2) is 9.61. The van der Waals surface area contributed by atoms with E-state index in [0.717, 1.165) is 0 Å². The number of hydrogen-bond donors (Lipinski definition) is 0. The minimum absolute atomic E-state index is 0.0958. The summed E-state index contributed by atoms with van der Waals surface area (Å²) in [5.74, 6) is -2.31. The van der Waals surface area contributed by atoms with Crippen LogP contribution in [0, 0.1) is 12.3 Å². The minimum Gasteiger partial charge on any atom is -0.466 e. The van der Waals surface area contributed by atoms with Gasteiger partial charge in [0.1, 0.15) is 11.4 Å². The standard InChI is InChI=1S/C20H29NO7/c1-7-26-16(23)10-8-9-11-20(14(3)22,18(25)27-19(4,5)6)17(24)15-12-13(2)28-21-15/h12H,7-11H2,1-6H3. The van der Waals surface area contributed by atoms with Crippen LogP contribution in [0.15, 0.2) is 10.6 Å². The molecule has 0 aromatic carbocycles. The van der Waals surface area contributed by atoms with Gasteiger partial charge in [-0.3, -0.25) is 19.2 Å². The fourth-order valence-corrected chi connectivity index (χ4v) is 2.74. The molecule has 0 radical (unpaired) electrons. The number of carbonyl (C=O) groups excluding carboxylic acids is 4. The lowest BCUT2D eigenvalue weighted by molar-refractivity contribution is -0.167. The molecule has 0 aliphatic carbocycles. The smallest absolute Gasteiger partial charge is 0.328 e. The first-order valence-corrected chi connectivity index (χ1v) is 9.32. The molecule has 156 valence electrons. The van der Waals surface area contributed by atoms with E-state index in [0.29, 0.717) is 12.2 Å². The van der Waals surface area contributed by atoms with Crippen molar-refractivity contribution in [1.29, 1.82) is 0 Å². The predicted molar refractivity (Wildman–Crippen MR) is 99.6 cm³/mol. The average Bonchev–Trinajstić information content (AvgIpc) is 2.99. The Morgan fingerprint density at radius 1 is 1.14 bits per heavy atom. The maximum absolute atomic E-state index is 13.1. The topological polar surface area (TPSA) is 113 Å². The molecule has 1 heterocycles. The molecule has 1 unspecified atom stereocenters. The van der Waals surface area contributed by atoms with Crippen LogP contribution in [0.4, 0.5) is 0 Å². The van der Waals surface area contributed by atoms with Crippen LogP contribution in [-0.4, -0.2) is 40.9 Å².